The number of anilines is 1. The van der Waals surface area contributed by atoms with Crippen molar-refractivity contribution in [3.05, 3.63) is 28.7 Å². The zero-order chi connectivity index (χ0) is 12.1. The number of nitrogens with one attached hydrogen (secondary N) is 1. The van der Waals surface area contributed by atoms with Gasteiger partial charge in [0, 0.05) is 16.2 Å². The predicted octanol–water partition coefficient (Wildman–Crippen LogP) is 4.69. The number of fused-ring (bicyclic) bond motifs is 5. The van der Waals surface area contributed by atoms with E-state index < -0.39 is 0 Å². The summed E-state index contributed by atoms with van der Waals surface area (Å²) in [7, 11) is 0. The summed E-state index contributed by atoms with van der Waals surface area (Å²) in [5.41, 5.74) is 1.29. The van der Waals surface area contributed by atoms with Crippen LogP contribution in [0.4, 0.5) is 5.69 Å². The van der Waals surface area contributed by atoms with Gasteiger partial charge in [-0.15, -0.1) is 0 Å². The highest BCUT2D eigenvalue weighted by Gasteiger charge is 2.53. The van der Waals surface area contributed by atoms with Crippen molar-refractivity contribution in [3.63, 3.8) is 0 Å². The van der Waals surface area contributed by atoms with E-state index in [4.69, 9.17) is 0 Å². The standard InChI is InChI=1S/C16H20BrN/c17-11-3-1-4-12(9-11)18-16-8-10-7-15(16)14-6-2-5-13(10)14/h1,3-4,9-10,13-16,18H,2,5-8H2. The fourth-order valence-electron chi connectivity index (χ4n) is 5.03. The summed E-state index contributed by atoms with van der Waals surface area (Å²) < 4.78 is 1.18. The molecule has 96 valence electrons. The van der Waals surface area contributed by atoms with Crippen molar-refractivity contribution in [2.45, 2.75) is 38.1 Å². The van der Waals surface area contributed by atoms with Crippen LogP contribution < -0.4 is 5.32 Å². The van der Waals surface area contributed by atoms with Crippen LogP contribution in [0.5, 0.6) is 0 Å². The van der Waals surface area contributed by atoms with Crippen LogP contribution in [-0.4, -0.2) is 6.04 Å². The smallest absolute Gasteiger partial charge is 0.0353 e. The molecule has 5 atom stereocenters. The van der Waals surface area contributed by atoms with Gasteiger partial charge in [-0.3, -0.25) is 0 Å². The minimum Gasteiger partial charge on any atom is -0.382 e. The van der Waals surface area contributed by atoms with Gasteiger partial charge >= 0.3 is 0 Å². The number of hydrogen-bond donors (Lipinski definition) is 1. The van der Waals surface area contributed by atoms with Crippen LogP contribution in [0.25, 0.3) is 0 Å². The Bertz CT molecular complexity index is 458. The lowest BCUT2D eigenvalue weighted by atomic mass is 9.79. The predicted molar refractivity (Wildman–Crippen MR) is 78.6 cm³/mol. The molecule has 0 heterocycles. The molecule has 0 amide bonds. The highest BCUT2D eigenvalue weighted by atomic mass is 79.9. The maximum Gasteiger partial charge on any atom is 0.0353 e. The molecule has 0 radical (unpaired) electrons. The van der Waals surface area contributed by atoms with Gasteiger partial charge in [0.05, 0.1) is 0 Å². The molecule has 1 nitrogen and oxygen atoms in total. The minimum absolute atomic E-state index is 0.739. The van der Waals surface area contributed by atoms with Crippen LogP contribution in [0.1, 0.15) is 32.1 Å². The molecular weight excluding hydrogens is 286 g/mol. The number of halogens is 1. The van der Waals surface area contributed by atoms with Crippen molar-refractivity contribution in [3.8, 4) is 0 Å². The molecule has 1 N–H and O–H groups in total. The molecule has 5 unspecified atom stereocenters. The third-order valence-electron chi connectivity index (χ3n) is 5.61. The molecule has 4 rings (SSSR count). The Kier molecular flexibility index (Phi) is 2.68. The molecule has 3 fully saturated rings. The van der Waals surface area contributed by atoms with Crippen LogP contribution in [0.2, 0.25) is 0 Å². The van der Waals surface area contributed by atoms with Crippen LogP contribution >= 0.6 is 15.9 Å². The van der Waals surface area contributed by atoms with Gasteiger partial charge in [-0.2, -0.15) is 0 Å². The highest BCUT2D eigenvalue weighted by Crippen LogP contribution is 2.59. The van der Waals surface area contributed by atoms with Crippen LogP contribution in [0.15, 0.2) is 28.7 Å². The second-order valence-electron chi connectivity index (χ2n) is 6.42. The van der Waals surface area contributed by atoms with E-state index in [1.807, 2.05) is 0 Å². The lowest BCUT2D eigenvalue weighted by Gasteiger charge is -2.32. The van der Waals surface area contributed by atoms with Crippen molar-refractivity contribution in [2.75, 3.05) is 5.32 Å². The zero-order valence-electron chi connectivity index (χ0n) is 10.6. The van der Waals surface area contributed by atoms with Crippen molar-refractivity contribution in [1.82, 2.24) is 0 Å². The van der Waals surface area contributed by atoms with Gasteiger partial charge in [-0.05, 0) is 67.6 Å². The molecule has 0 aromatic heterocycles. The number of benzene rings is 1. The van der Waals surface area contributed by atoms with E-state index >= 15 is 0 Å². The maximum atomic E-state index is 3.80. The van der Waals surface area contributed by atoms with Gasteiger partial charge in [-0.1, -0.05) is 28.4 Å². The Morgan fingerprint density at radius 2 is 1.94 bits per heavy atom. The minimum atomic E-state index is 0.739. The Balaban J connectivity index is 1.51. The van der Waals surface area contributed by atoms with E-state index in [2.05, 4.69) is 45.5 Å². The van der Waals surface area contributed by atoms with Gasteiger partial charge in [0.2, 0.25) is 0 Å². The molecule has 3 saturated carbocycles. The quantitative estimate of drug-likeness (QED) is 0.836. The molecule has 18 heavy (non-hydrogen) atoms. The third kappa shape index (κ3) is 1.72. The highest BCUT2D eigenvalue weighted by molar-refractivity contribution is 9.10. The van der Waals surface area contributed by atoms with E-state index in [1.165, 1.54) is 42.3 Å². The third-order valence-corrected chi connectivity index (χ3v) is 6.10. The Morgan fingerprint density at radius 3 is 2.83 bits per heavy atom. The summed E-state index contributed by atoms with van der Waals surface area (Å²) in [6.07, 6.45) is 7.43. The summed E-state index contributed by atoms with van der Waals surface area (Å²) >= 11 is 3.56. The summed E-state index contributed by atoms with van der Waals surface area (Å²) in [5, 5.41) is 3.80. The lowest BCUT2D eigenvalue weighted by Crippen LogP contribution is -2.33. The first-order valence-electron chi connectivity index (χ1n) is 7.33. The van der Waals surface area contributed by atoms with E-state index in [9.17, 15) is 0 Å². The van der Waals surface area contributed by atoms with Crippen molar-refractivity contribution in [1.29, 1.82) is 0 Å². The second-order valence-corrected chi connectivity index (χ2v) is 7.33. The average Bonchev–Trinajstić information content (AvgIpc) is 2.99. The summed E-state index contributed by atoms with van der Waals surface area (Å²) in [6.45, 7) is 0. The first-order valence-corrected chi connectivity index (χ1v) is 8.12. The van der Waals surface area contributed by atoms with Crippen LogP contribution in [0, 0.1) is 23.7 Å². The molecule has 2 heteroatoms. The maximum absolute atomic E-state index is 3.80. The van der Waals surface area contributed by atoms with E-state index in [1.54, 1.807) is 0 Å². The molecule has 1 aromatic rings. The normalized spacial score (nSPS) is 41.1. The van der Waals surface area contributed by atoms with Gasteiger partial charge in [0.15, 0.2) is 0 Å². The molecular formula is C16H20BrN. The largest absolute Gasteiger partial charge is 0.382 e. The molecule has 3 aliphatic carbocycles. The number of hydrogen-bond acceptors (Lipinski definition) is 1. The van der Waals surface area contributed by atoms with Gasteiger partial charge in [0.25, 0.3) is 0 Å². The first-order chi connectivity index (χ1) is 8.81. The second kappa shape index (κ2) is 4.26. The van der Waals surface area contributed by atoms with Crippen molar-refractivity contribution in [2.24, 2.45) is 23.7 Å². The molecule has 3 aliphatic rings. The summed E-state index contributed by atoms with van der Waals surface area (Å²) in [6, 6.07) is 9.36. The van der Waals surface area contributed by atoms with E-state index in [-0.39, 0.29) is 0 Å². The Hall–Kier alpha value is -0.500. The summed E-state index contributed by atoms with van der Waals surface area (Å²) in [5.74, 6) is 4.14. The van der Waals surface area contributed by atoms with E-state index in [0.29, 0.717) is 0 Å². The Morgan fingerprint density at radius 1 is 1.06 bits per heavy atom. The fraction of sp³-hybridized carbons (Fsp3) is 0.625. The van der Waals surface area contributed by atoms with Crippen LogP contribution in [-0.2, 0) is 0 Å². The Labute approximate surface area is 117 Å². The lowest BCUT2D eigenvalue weighted by molar-refractivity contribution is 0.243. The molecule has 0 saturated heterocycles. The fourth-order valence-corrected chi connectivity index (χ4v) is 5.43. The molecule has 1 aromatic carbocycles. The zero-order valence-corrected chi connectivity index (χ0v) is 12.2. The number of rotatable bonds is 2. The topological polar surface area (TPSA) is 12.0 Å². The molecule has 2 bridgehead atoms. The van der Waals surface area contributed by atoms with Crippen molar-refractivity contribution < 1.29 is 0 Å². The average molecular weight is 306 g/mol. The SMILES string of the molecule is Brc1cccc(NC2CC3CC2C2CCCC32)c1. The summed E-state index contributed by atoms with van der Waals surface area (Å²) in [4.78, 5) is 0. The van der Waals surface area contributed by atoms with Gasteiger partial charge in [-0.25, -0.2) is 0 Å². The molecule has 0 aliphatic heterocycles. The van der Waals surface area contributed by atoms with Gasteiger partial charge in [0.1, 0.15) is 0 Å². The van der Waals surface area contributed by atoms with Gasteiger partial charge < -0.3 is 5.32 Å². The molecule has 0 spiro atoms. The van der Waals surface area contributed by atoms with Crippen molar-refractivity contribution >= 4 is 21.6 Å². The van der Waals surface area contributed by atoms with Crippen LogP contribution in [0.3, 0.4) is 0 Å². The monoisotopic (exact) mass is 305 g/mol. The first kappa shape index (κ1) is 11.3. The van der Waals surface area contributed by atoms with E-state index in [0.717, 1.165) is 29.7 Å².